The second-order valence-corrected chi connectivity index (χ2v) is 5.80. The van der Waals surface area contributed by atoms with Gasteiger partial charge in [0.1, 0.15) is 5.69 Å². The molecule has 0 unspecified atom stereocenters. The van der Waals surface area contributed by atoms with Crippen molar-refractivity contribution >= 4 is 11.4 Å². The summed E-state index contributed by atoms with van der Waals surface area (Å²) in [5, 5.41) is 20.3. The predicted molar refractivity (Wildman–Crippen MR) is 77.1 cm³/mol. The van der Waals surface area contributed by atoms with E-state index >= 15 is 0 Å². The SMILES string of the molecule is C[C@@H]1CN(c2cc(C#N)ccc2[N+](=O)[O-])C[C@H](C2CC2)O1. The first-order valence-corrected chi connectivity index (χ1v) is 7.17. The van der Waals surface area contributed by atoms with Crippen LogP contribution in [-0.2, 0) is 4.74 Å². The van der Waals surface area contributed by atoms with E-state index in [0.29, 0.717) is 30.3 Å². The summed E-state index contributed by atoms with van der Waals surface area (Å²) in [6, 6.07) is 6.57. The molecule has 0 bridgehead atoms. The fraction of sp³-hybridized carbons (Fsp3) is 0.533. The van der Waals surface area contributed by atoms with Crippen LogP contribution < -0.4 is 4.90 Å². The van der Waals surface area contributed by atoms with E-state index in [9.17, 15) is 10.1 Å². The number of morpholine rings is 1. The number of nitrogens with zero attached hydrogens (tertiary/aromatic N) is 3. The Balaban J connectivity index is 1.93. The third-order valence-electron chi connectivity index (χ3n) is 4.07. The van der Waals surface area contributed by atoms with E-state index in [0.717, 1.165) is 0 Å². The van der Waals surface area contributed by atoms with Crippen molar-refractivity contribution < 1.29 is 9.66 Å². The second kappa shape index (κ2) is 5.34. The van der Waals surface area contributed by atoms with Gasteiger partial charge >= 0.3 is 0 Å². The number of benzene rings is 1. The summed E-state index contributed by atoms with van der Waals surface area (Å²) in [6.45, 7) is 3.26. The average Bonchev–Trinajstić information content (AvgIpc) is 3.30. The minimum Gasteiger partial charge on any atom is -0.371 e. The maximum Gasteiger partial charge on any atom is 0.292 e. The summed E-state index contributed by atoms with van der Waals surface area (Å²) in [4.78, 5) is 12.8. The largest absolute Gasteiger partial charge is 0.371 e. The molecule has 0 N–H and O–H groups in total. The Kier molecular flexibility index (Phi) is 3.52. The third-order valence-corrected chi connectivity index (χ3v) is 4.07. The molecule has 110 valence electrons. The first-order valence-electron chi connectivity index (χ1n) is 7.17. The summed E-state index contributed by atoms with van der Waals surface area (Å²) < 4.78 is 5.94. The molecule has 1 aromatic carbocycles. The molecule has 0 radical (unpaired) electrons. The Morgan fingerprint density at radius 3 is 2.81 bits per heavy atom. The molecule has 6 nitrogen and oxygen atoms in total. The van der Waals surface area contributed by atoms with E-state index in [1.54, 1.807) is 6.07 Å². The van der Waals surface area contributed by atoms with Crippen LogP contribution in [0.25, 0.3) is 0 Å². The molecular formula is C15H17N3O3. The molecule has 0 spiro atoms. The Morgan fingerprint density at radius 2 is 2.19 bits per heavy atom. The number of nitro benzene ring substituents is 1. The van der Waals surface area contributed by atoms with Gasteiger partial charge in [-0.2, -0.15) is 5.26 Å². The molecule has 2 aliphatic rings. The minimum absolute atomic E-state index is 0.0368. The van der Waals surface area contributed by atoms with Crippen LogP contribution in [-0.4, -0.2) is 30.2 Å². The molecule has 0 aromatic heterocycles. The van der Waals surface area contributed by atoms with Gasteiger partial charge in [-0.25, -0.2) is 0 Å². The average molecular weight is 287 g/mol. The van der Waals surface area contributed by atoms with Gasteiger partial charge in [0.25, 0.3) is 5.69 Å². The van der Waals surface area contributed by atoms with Crippen LogP contribution in [0.3, 0.4) is 0 Å². The summed E-state index contributed by atoms with van der Waals surface area (Å²) in [5.74, 6) is 0.577. The fourth-order valence-corrected chi connectivity index (χ4v) is 2.91. The van der Waals surface area contributed by atoms with Crippen LogP contribution in [0.4, 0.5) is 11.4 Å². The van der Waals surface area contributed by atoms with E-state index in [4.69, 9.17) is 10.00 Å². The third kappa shape index (κ3) is 2.83. The van der Waals surface area contributed by atoms with Crippen LogP contribution in [0.2, 0.25) is 0 Å². The molecule has 1 heterocycles. The first-order chi connectivity index (χ1) is 10.1. The highest BCUT2D eigenvalue weighted by Gasteiger charge is 2.38. The predicted octanol–water partition coefficient (Wildman–Crippen LogP) is 2.47. The smallest absolute Gasteiger partial charge is 0.292 e. The summed E-state index contributed by atoms with van der Waals surface area (Å²) in [6.07, 6.45) is 2.52. The van der Waals surface area contributed by atoms with Gasteiger partial charge in [0, 0.05) is 19.2 Å². The lowest BCUT2D eigenvalue weighted by Gasteiger charge is -2.38. The highest BCUT2D eigenvalue weighted by Crippen LogP contribution is 2.39. The monoisotopic (exact) mass is 287 g/mol. The Bertz CT molecular complexity index is 607. The minimum atomic E-state index is -0.386. The molecule has 0 amide bonds. The van der Waals surface area contributed by atoms with Gasteiger partial charge in [-0.05, 0) is 37.8 Å². The lowest BCUT2D eigenvalue weighted by Crippen LogP contribution is -2.47. The van der Waals surface area contributed by atoms with Gasteiger partial charge < -0.3 is 9.64 Å². The zero-order valence-electron chi connectivity index (χ0n) is 11.9. The molecule has 21 heavy (non-hydrogen) atoms. The van der Waals surface area contributed by atoms with Crippen LogP contribution >= 0.6 is 0 Å². The van der Waals surface area contributed by atoms with E-state index in [2.05, 4.69) is 0 Å². The topological polar surface area (TPSA) is 79.4 Å². The van der Waals surface area contributed by atoms with Crippen molar-refractivity contribution in [2.75, 3.05) is 18.0 Å². The molecule has 2 fully saturated rings. The molecule has 1 aliphatic carbocycles. The van der Waals surface area contributed by atoms with Crippen molar-refractivity contribution in [3.8, 4) is 6.07 Å². The van der Waals surface area contributed by atoms with Crippen molar-refractivity contribution in [3.63, 3.8) is 0 Å². The Hall–Kier alpha value is -2.13. The first kappa shape index (κ1) is 13.8. The number of nitriles is 1. The van der Waals surface area contributed by atoms with Crippen molar-refractivity contribution in [3.05, 3.63) is 33.9 Å². The van der Waals surface area contributed by atoms with Crippen molar-refractivity contribution in [2.45, 2.75) is 32.0 Å². The van der Waals surface area contributed by atoms with Crippen LogP contribution in [0.15, 0.2) is 18.2 Å². The van der Waals surface area contributed by atoms with E-state index in [1.165, 1.54) is 25.0 Å². The number of ether oxygens (including phenoxy) is 1. The fourth-order valence-electron chi connectivity index (χ4n) is 2.91. The highest BCUT2D eigenvalue weighted by molar-refractivity contribution is 5.66. The second-order valence-electron chi connectivity index (χ2n) is 5.80. The molecule has 1 saturated heterocycles. The number of hydrogen-bond acceptors (Lipinski definition) is 5. The van der Waals surface area contributed by atoms with Gasteiger partial charge in [0.15, 0.2) is 0 Å². The molecule has 1 aliphatic heterocycles. The number of nitro groups is 1. The number of rotatable bonds is 3. The molecular weight excluding hydrogens is 270 g/mol. The Labute approximate surface area is 123 Å². The molecule has 1 aromatic rings. The van der Waals surface area contributed by atoms with Gasteiger partial charge in [-0.1, -0.05) is 0 Å². The van der Waals surface area contributed by atoms with Crippen molar-refractivity contribution in [2.24, 2.45) is 5.92 Å². The standard InChI is InChI=1S/C15H17N3O3/c1-10-8-17(9-15(21-10)12-3-4-12)14-6-11(7-16)2-5-13(14)18(19)20/h2,5-6,10,12,15H,3-4,8-9H2,1H3/t10-,15-/m1/s1. The van der Waals surface area contributed by atoms with E-state index < -0.39 is 0 Å². The van der Waals surface area contributed by atoms with Gasteiger partial charge in [0.05, 0.1) is 28.8 Å². The Morgan fingerprint density at radius 1 is 1.43 bits per heavy atom. The van der Waals surface area contributed by atoms with Crippen LogP contribution in [0.5, 0.6) is 0 Å². The molecule has 6 heteroatoms. The van der Waals surface area contributed by atoms with E-state index in [1.807, 2.05) is 17.9 Å². The van der Waals surface area contributed by atoms with Crippen molar-refractivity contribution in [1.82, 2.24) is 0 Å². The lowest BCUT2D eigenvalue weighted by atomic mass is 10.1. The maximum absolute atomic E-state index is 11.2. The van der Waals surface area contributed by atoms with Crippen LogP contribution in [0, 0.1) is 27.4 Å². The number of hydrogen-bond donors (Lipinski definition) is 0. The highest BCUT2D eigenvalue weighted by atomic mass is 16.6. The number of anilines is 1. The van der Waals surface area contributed by atoms with Gasteiger partial charge in [-0.15, -0.1) is 0 Å². The zero-order valence-corrected chi connectivity index (χ0v) is 11.9. The summed E-state index contributed by atoms with van der Waals surface area (Å²) in [5.41, 5.74) is 1.02. The van der Waals surface area contributed by atoms with Gasteiger partial charge in [0.2, 0.25) is 0 Å². The zero-order chi connectivity index (χ0) is 15.0. The lowest BCUT2D eigenvalue weighted by molar-refractivity contribution is -0.384. The molecule has 1 saturated carbocycles. The normalized spacial score (nSPS) is 25.4. The summed E-state index contributed by atoms with van der Waals surface area (Å²) >= 11 is 0. The van der Waals surface area contributed by atoms with Crippen molar-refractivity contribution in [1.29, 1.82) is 5.26 Å². The van der Waals surface area contributed by atoms with Gasteiger partial charge in [-0.3, -0.25) is 10.1 Å². The van der Waals surface area contributed by atoms with Crippen LogP contribution in [0.1, 0.15) is 25.3 Å². The van der Waals surface area contributed by atoms with E-state index in [-0.39, 0.29) is 22.8 Å². The quantitative estimate of drug-likeness (QED) is 0.630. The summed E-state index contributed by atoms with van der Waals surface area (Å²) in [7, 11) is 0. The molecule has 3 rings (SSSR count). The maximum atomic E-state index is 11.2. The molecule has 2 atom stereocenters.